The van der Waals surface area contributed by atoms with E-state index in [2.05, 4.69) is 10.3 Å². The van der Waals surface area contributed by atoms with E-state index in [1.54, 1.807) is 6.20 Å². The van der Waals surface area contributed by atoms with Gasteiger partial charge in [-0.2, -0.15) is 0 Å². The van der Waals surface area contributed by atoms with Crippen molar-refractivity contribution in [1.29, 1.82) is 0 Å². The molecule has 1 saturated carbocycles. The van der Waals surface area contributed by atoms with Gasteiger partial charge in [0.25, 0.3) is 0 Å². The van der Waals surface area contributed by atoms with E-state index in [1.807, 2.05) is 42.1 Å². The number of rotatable bonds is 5. The number of amides is 1. The van der Waals surface area contributed by atoms with Crippen LogP contribution in [0, 0.1) is 5.92 Å². The SMILES string of the molecule is Cn1ccnc1COc1ccc(NC(=O)C2CCC(N)C2)cc1. The number of carbonyl (C=O) groups is 1. The number of hydrogen-bond donors (Lipinski definition) is 2. The monoisotopic (exact) mass is 314 g/mol. The molecule has 1 fully saturated rings. The third-order valence-corrected chi connectivity index (χ3v) is 4.25. The number of aromatic nitrogens is 2. The van der Waals surface area contributed by atoms with E-state index in [1.165, 1.54) is 0 Å². The van der Waals surface area contributed by atoms with Crippen LogP contribution in [0.2, 0.25) is 0 Å². The predicted octanol–water partition coefficient (Wildman–Crippen LogP) is 2.06. The zero-order valence-corrected chi connectivity index (χ0v) is 13.2. The van der Waals surface area contributed by atoms with Crippen molar-refractivity contribution in [3.05, 3.63) is 42.5 Å². The zero-order chi connectivity index (χ0) is 16.2. The Hall–Kier alpha value is -2.34. The first-order valence-electron chi connectivity index (χ1n) is 7.87. The topological polar surface area (TPSA) is 82.2 Å². The molecule has 1 heterocycles. The summed E-state index contributed by atoms with van der Waals surface area (Å²) in [4.78, 5) is 16.4. The minimum absolute atomic E-state index is 0.0318. The van der Waals surface area contributed by atoms with Crippen LogP contribution in [0.15, 0.2) is 36.7 Å². The lowest BCUT2D eigenvalue weighted by Crippen LogP contribution is -2.23. The molecular formula is C17H22N4O2. The van der Waals surface area contributed by atoms with Crippen molar-refractivity contribution in [3.63, 3.8) is 0 Å². The summed E-state index contributed by atoms with van der Waals surface area (Å²) >= 11 is 0. The number of aryl methyl sites for hydroxylation is 1. The van der Waals surface area contributed by atoms with E-state index in [0.29, 0.717) is 6.61 Å². The molecule has 2 atom stereocenters. The molecule has 0 aliphatic heterocycles. The normalized spacial score (nSPS) is 20.4. The van der Waals surface area contributed by atoms with Gasteiger partial charge in [0.2, 0.25) is 5.91 Å². The molecule has 6 nitrogen and oxygen atoms in total. The maximum Gasteiger partial charge on any atom is 0.227 e. The Balaban J connectivity index is 1.52. The molecule has 2 aromatic rings. The fourth-order valence-electron chi connectivity index (χ4n) is 2.82. The predicted molar refractivity (Wildman–Crippen MR) is 87.9 cm³/mol. The molecule has 1 aliphatic carbocycles. The van der Waals surface area contributed by atoms with Crippen LogP contribution >= 0.6 is 0 Å². The number of anilines is 1. The number of ether oxygens (including phenoxy) is 1. The highest BCUT2D eigenvalue weighted by Gasteiger charge is 2.27. The van der Waals surface area contributed by atoms with Gasteiger partial charge in [0, 0.05) is 37.1 Å². The summed E-state index contributed by atoms with van der Waals surface area (Å²) in [5.74, 6) is 1.69. The third kappa shape index (κ3) is 3.90. The molecule has 0 radical (unpaired) electrons. The minimum atomic E-state index is 0.0318. The molecule has 3 rings (SSSR count). The van der Waals surface area contributed by atoms with Crippen molar-refractivity contribution in [1.82, 2.24) is 9.55 Å². The van der Waals surface area contributed by atoms with Gasteiger partial charge >= 0.3 is 0 Å². The lowest BCUT2D eigenvalue weighted by Gasteiger charge is -2.11. The van der Waals surface area contributed by atoms with Gasteiger partial charge in [0.15, 0.2) is 0 Å². The van der Waals surface area contributed by atoms with Crippen LogP contribution in [0.1, 0.15) is 25.1 Å². The van der Waals surface area contributed by atoms with Crippen molar-refractivity contribution in [2.75, 3.05) is 5.32 Å². The number of imidazole rings is 1. The number of nitrogens with zero attached hydrogens (tertiary/aromatic N) is 2. The van der Waals surface area contributed by atoms with Gasteiger partial charge in [-0.15, -0.1) is 0 Å². The quantitative estimate of drug-likeness (QED) is 0.885. The molecular weight excluding hydrogens is 292 g/mol. The Morgan fingerprint density at radius 3 is 2.78 bits per heavy atom. The number of carbonyl (C=O) groups excluding carboxylic acids is 1. The second-order valence-corrected chi connectivity index (χ2v) is 6.03. The van der Waals surface area contributed by atoms with Crippen LogP contribution < -0.4 is 15.8 Å². The van der Waals surface area contributed by atoms with Crippen molar-refractivity contribution >= 4 is 11.6 Å². The first-order chi connectivity index (χ1) is 11.1. The largest absolute Gasteiger partial charge is 0.486 e. The first kappa shape index (κ1) is 15.6. The smallest absolute Gasteiger partial charge is 0.227 e. The molecule has 1 aromatic heterocycles. The highest BCUT2D eigenvalue weighted by molar-refractivity contribution is 5.92. The molecule has 1 aliphatic rings. The van der Waals surface area contributed by atoms with Gasteiger partial charge in [0.05, 0.1) is 0 Å². The molecule has 2 unspecified atom stereocenters. The molecule has 23 heavy (non-hydrogen) atoms. The summed E-state index contributed by atoms with van der Waals surface area (Å²) < 4.78 is 7.61. The molecule has 0 spiro atoms. The van der Waals surface area contributed by atoms with Crippen LogP contribution in [0.4, 0.5) is 5.69 Å². The Morgan fingerprint density at radius 1 is 1.39 bits per heavy atom. The van der Waals surface area contributed by atoms with Crippen LogP contribution in [0.5, 0.6) is 5.75 Å². The fourth-order valence-corrected chi connectivity index (χ4v) is 2.82. The molecule has 1 aromatic carbocycles. The maximum absolute atomic E-state index is 12.2. The zero-order valence-electron chi connectivity index (χ0n) is 13.2. The van der Waals surface area contributed by atoms with Crippen LogP contribution in [0.3, 0.4) is 0 Å². The number of nitrogens with one attached hydrogen (secondary N) is 1. The second kappa shape index (κ2) is 6.83. The van der Waals surface area contributed by atoms with Crippen LogP contribution in [0.25, 0.3) is 0 Å². The van der Waals surface area contributed by atoms with E-state index in [4.69, 9.17) is 10.5 Å². The van der Waals surface area contributed by atoms with Crippen LogP contribution in [-0.2, 0) is 18.4 Å². The minimum Gasteiger partial charge on any atom is -0.486 e. The number of hydrogen-bond acceptors (Lipinski definition) is 4. The summed E-state index contributed by atoms with van der Waals surface area (Å²) in [5.41, 5.74) is 6.63. The second-order valence-electron chi connectivity index (χ2n) is 6.03. The molecule has 0 bridgehead atoms. The summed E-state index contributed by atoms with van der Waals surface area (Å²) in [5, 5.41) is 2.94. The van der Waals surface area contributed by atoms with Crippen LogP contribution in [-0.4, -0.2) is 21.5 Å². The number of nitrogens with two attached hydrogens (primary N) is 1. The van der Waals surface area contributed by atoms with E-state index in [-0.39, 0.29) is 17.9 Å². The molecule has 6 heteroatoms. The first-order valence-corrected chi connectivity index (χ1v) is 7.87. The molecule has 0 saturated heterocycles. The van der Waals surface area contributed by atoms with Crippen molar-refractivity contribution in [3.8, 4) is 5.75 Å². The van der Waals surface area contributed by atoms with E-state index >= 15 is 0 Å². The third-order valence-electron chi connectivity index (χ3n) is 4.25. The summed E-state index contributed by atoms with van der Waals surface area (Å²) in [6.45, 7) is 0.412. The summed E-state index contributed by atoms with van der Waals surface area (Å²) in [7, 11) is 1.93. The van der Waals surface area contributed by atoms with Crippen molar-refractivity contribution < 1.29 is 9.53 Å². The van der Waals surface area contributed by atoms with Gasteiger partial charge < -0.3 is 20.4 Å². The van der Waals surface area contributed by atoms with Gasteiger partial charge in [-0.3, -0.25) is 4.79 Å². The van der Waals surface area contributed by atoms with E-state index in [0.717, 1.165) is 36.5 Å². The average molecular weight is 314 g/mol. The highest BCUT2D eigenvalue weighted by atomic mass is 16.5. The Kier molecular flexibility index (Phi) is 4.62. The molecule has 122 valence electrons. The standard InChI is InChI=1S/C17H22N4O2/c1-21-9-8-19-16(21)11-23-15-6-4-14(5-7-15)20-17(22)12-2-3-13(18)10-12/h4-9,12-13H,2-3,10-11,18H2,1H3,(H,20,22). The number of benzene rings is 1. The highest BCUT2D eigenvalue weighted by Crippen LogP contribution is 2.26. The lowest BCUT2D eigenvalue weighted by atomic mass is 10.1. The Morgan fingerprint density at radius 2 is 2.17 bits per heavy atom. The van der Waals surface area contributed by atoms with Gasteiger partial charge in [-0.05, 0) is 43.5 Å². The molecule has 1 amide bonds. The van der Waals surface area contributed by atoms with Crippen molar-refractivity contribution in [2.45, 2.75) is 31.9 Å². The van der Waals surface area contributed by atoms with Gasteiger partial charge in [-0.25, -0.2) is 4.98 Å². The Labute approximate surface area is 135 Å². The Bertz CT molecular complexity index is 665. The lowest BCUT2D eigenvalue weighted by molar-refractivity contribution is -0.119. The summed E-state index contributed by atoms with van der Waals surface area (Å²) in [6, 6.07) is 7.55. The average Bonchev–Trinajstić information content (AvgIpc) is 3.15. The van der Waals surface area contributed by atoms with E-state index < -0.39 is 0 Å². The summed E-state index contributed by atoms with van der Waals surface area (Å²) in [6.07, 6.45) is 6.20. The van der Waals surface area contributed by atoms with Crippen molar-refractivity contribution in [2.24, 2.45) is 18.7 Å². The fraction of sp³-hybridized carbons (Fsp3) is 0.412. The van der Waals surface area contributed by atoms with Gasteiger partial charge in [-0.1, -0.05) is 0 Å². The maximum atomic E-state index is 12.2. The van der Waals surface area contributed by atoms with E-state index in [9.17, 15) is 4.79 Å². The molecule has 3 N–H and O–H groups in total. The van der Waals surface area contributed by atoms with Gasteiger partial charge in [0.1, 0.15) is 18.2 Å².